The Kier molecular flexibility index (Phi) is 4.80. The maximum Gasteiger partial charge on any atom is 0.259 e. The molecule has 6 heteroatoms. The molecule has 0 aliphatic rings. The molecule has 2 aromatic carbocycles. The van der Waals surface area contributed by atoms with Crippen molar-refractivity contribution in [3.8, 4) is 11.5 Å². The van der Waals surface area contributed by atoms with Crippen LogP contribution in [0.1, 0.15) is 10.4 Å². The lowest BCUT2D eigenvalue weighted by Gasteiger charge is -2.13. The van der Waals surface area contributed by atoms with E-state index >= 15 is 0 Å². The Bertz CT molecular complexity index is 896. The molecule has 1 amide bonds. The number of nitrogens with one attached hydrogen (secondary N) is 2. The second-order valence-electron chi connectivity index (χ2n) is 5.20. The number of phenolic OH excluding ortho intramolecular Hbond substituents is 1. The van der Waals surface area contributed by atoms with E-state index in [-0.39, 0.29) is 11.7 Å². The molecule has 126 valence electrons. The summed E-state index contributed by atoms with van der Waals surface area (Å²) in [6.07, 6.45) is 1.59. The van der Waals surface area contributed by atoms with Gasteiger partial charge in [0.2, 0.25) is 0 Å². The molecule has 3 rings (SSSR count). The fraction of sp³-hybridized carbons (Fsp3) is 0.0526. The molecule has 0 radical (unpaired) electrons. The van der Waals surface area contributed by atoms with Crippen LogP contribution in [0.3, 0.4) is 0 Å². The Hall–Kier alpha value is -3.54. The molecular weight excluding hydrogens is 318 g/mol. The molecule has 3 aromatic rings. The molecule has 0 atom stereocenters. The third kappa shape index (κ3) is 3.69. The maximum atomic E-state index is 12.6. The molecule has 0 aliphatic heterocycles. The Morgan fingerprint density at radius 3 is 2.48 bits per heavy atom. The zero-order valence-electron chi connectivity index (χ0n) is 13.6. The molecular formula is C19H17N3O3. The van der Waals surface area contributed by atoms with Gasteiger partial charge in [0.25, 0.3) is 5.91 Å². The summed E-state index contributed by atoms with van der Waals surface area (Å²) >= 11 is 0. The minimum Gasteiger partial charge on any atom is -0.506 e. The number of benzene rings is 2. The van der Waals surface area contributed by atoms with E-state index in [0.717, 1.165) is 0 Å². The number of aromatic hydroxyl groups is 1. The smallest absolute Gasteiger partial charge is 0.259 e. The van der Waals surface area contributed by atoms with Gasteiger partial charge in [-0.2, -0.15) is 0 Å². The number of carbonyl (C=O) groups excluding carboxylic acids is 1. The van der Waals surface area contributed by atoms with E-state index < -0.39 is 0 Å². The zero-order chi connectivity index (χ0) is 17.6. The van der Waals surface area contributed by atoms with Gasteiger partial charge >= 0.3 is 0 Å². The number of anilines is 3. The lowest BCUT2D eigenvalue weighted by atomic mass is 10.2. The van der Waals surface area contributed by atoms with Crippen molar-refractivity contribution in [2.24, 2.45) is 0 Å². The Labute approximate surface area is 145 Å². The molecule has 0 saturated heterocycles. The highest BCUT2D eigenvalue weighted by Crippen LogP contribution is 2.28. The van der Waals surface area contributed by atoms with Crippen LogP contribution in [-0.4, -0.2) is 23.1 Å². The largest absolute Gasteiger partial charge is 0.506 e. The van der Waals surface area contributed by atoms with E-state index in [0.29, 0.717) is 28.5 Å². The van der Waals surface area contributed by atoms with Crippen LogP contribution >= 0.6 is 0 Å². The molecule has 0 spiro atoms. The monoisotopic (exact) mass is 335 g/mol. The number of ether oxygens (including phenoxy) is 1. The minimum absolute atomic E-state index is 0.000946. The highest BCUT2D eigenvalue weighted by atomic mass is 16.5. The second kappa shape index (κ2) is 7.35. The van der Waals surface area contributed by atoms with Crippen LogP contribution in [0, 0.1) is 0 Å². The van der Waals surface area contributed by atoms with E-state index in [1.165, 1.54) is 6.07 Å². The van der Waals surface area contributed by atoms with Crippen LogP contribution in [-0.2, 0) is 0 Å². The highest BCUT2D eigenvalue weighted by Gasteiger charge is 2.15. The Morgan fingerprint density at radius 1 is 1.00 bits per heavy atom. The van der Waals surface area contributed by atoms with Gasteiger partial charge in [-0.15, -0.1) is 0 Å². The first-order valence-electron chi connectivity index (χ1n) is 7.63. The fourth-order valence-electron chi connectivity index (χ4n) is 2.33. The summed E-state index contributed by atoms with van der Waals surface area (Å²) in [4.78, 5) is 16.8. The predicted molar refractivity (Wildman–Crippen MR) is 96.6 cm³/mol. The average Bonchev–Trinajstić information content (AvgIpc) is 2.64. The van der Waals surface area contributed by atoms with E-state index in [9.17, 15) is 9.90 Å². The number of methoxy groups -OCH3 is 1. The van der Waals surface area contributed by atoms with Crippen LogP contribution in [0.5, 0.6) is 11.5 Å². The first kappa shape index (κ1) is 16.3. The second-order valence-corrected chi connectivity index (χ2v) is 5.20. The Balaban J connectivity index is 1.88. The highest BCUT2D eigenvalue weighted by molar-refractivity contribution is 6.08. The van der Waals surface area contributed by atoms with Gasteiger partial charge in [-0.25, -0.2) is 4.98 Å². The summed E-state index contributed by atoms with van der Waals surface area (Å²) in [6, 6.07) is 17.2. The number of carbonyl (C=O) groups is 1. The van der Waals surface area contributed by atoms with Crippen molar-refractivity contribution in [1.82, 2.24) is 4.98 Å². The van der Waals surface area contributed by atoms with Crippen molar-refractivity contribution in [2.45, 2.75) is 0 Å². The topological polar surface area (TPSA) is 83.5 Å². The van der Waals surface area contributed by atoms with Crippen LogP contribution < -0.4 is 15.4 Å². The molecule has 0 unspecified atom stereocenters. The van der Waals surface area contributed by atoms with Gasteiger partial charge in [-0.3, -0.25) is 4.79 Å². The molecule has 0 saturated carbocycles. The minimum atomic E-state index is -0.382. The SMILES string of the molecule is COc1ccccc1Nc1ncccc1C(=O)Nc1ccccc1O. The number of nitrogens with zero attached hydrogens (tertiary/aromatic N) is 1. The van der Waals surface area contributed by atoms with Crippen LogP contribution in [0.4, 0.5) is 17.2 Å². The van der Waals surface area contributed by atoms with Gasteiger partial charge in [0.05, 0.1) is 24.0 Å². The zero-order valence-corrected chi connectivity index (χ0v) is 13.6. The number of aromatic nitrogens is 1. The quantitative estimate of drug-likeness (QED) is 0.618. The summed E-state index contributed by atoms with van der Waals surface area (Å²) in [5, 5.41) is 15.6. The lowest BCUT2D eigenvalue weighted by molar-refractivity contribution is 0.102. The molecule has 6 nitrogen and oxygen atoms in total. The first-order valence-corrected chi connectivity index (χ1v) is 7.63. The van der Waals surface area contributed by atoms with Crippen molar-refractivity contribution in [2.75, 3.05) is 17.7 Å². The molecule has 0 bridgehead atoms. The Morgan fingerprint density at radius 2 is 1.72 bits per heavy atom. The summed E-state index contributed by atoms with van der Waals surface area (Å²) in [5.41, 5.74) is 1.37. The summed E-state index contributed by atoms with van der Waals surface area (Å²) in [6.45, 7) is 0. The van der Waals surface area contributed by atoms with Crippen LogP contribution in [0.15, 0.2) is 66.9 Å². The fourth-order valence-corrected chi connectivity index (χ4v) is 2.33. The van der Waals surface area contributed by atoms with Gasteiger partial charge < -0.3 is 20.5 Å². The first-order chi connectivity index (χ1) is 12.2. The number of pyridine rings is 1. The predicted octanol–water partition coefficient (Wildman–Crippen LogP) is 3.79. The summed E-state index contributed by atoms with van der Waals surface area (Å²) < 4.78 is 5.31. The molecule has 25 heavy (non-hydrogen) atoms. The standard InChI is InChI=1S/C19H17N3O3/c1-25-17-11-5-3-9-15(17)21-18-13(7-6-12-20-18)19(24)22-14-8-2-4-10-16(14)23/h2-12,23H,1H3,(H,20,21)(H,22,24). The number of rotatable bonds is 5. The lowest BCUT2D eigenvalue weighted by Crippen LogP contribution is -2.14. The van der Waals surface area contributed by atoms with E-state index in [1.807, 2.05) is 24.3 Å². The third-order valence-corrected chi connectivity index (χ3v) is 3.56. The maximum absolute atomic E-state index is 12.6. The number of para-hydroxylation sites is 4. The van der Waals surface area contributed by atoms with Gasteiger partial charge in [0.1, 0.15) is 17.3 Å². The van der Waals surface area contributed by atoms with Crippen LogP contribution in [0.25, 0.3) is 0 Å². The van der Waals surface area contributed by atoms with Crippen molar-refractivity contribution < 1.29 is 14.6 Å². The van der Waals surface area contributed by atoms with E-state index in [1.54, 1.807) is 43.6 Å². The summed E-state index contributed by atoms with van der Waals surface area (Å²) in [7, 11) is 1.57. The average molecular weight is 335 g/mol. The normalized spacial score (nSPS) is 10.1. The third-order valence-electron chi connectivity index (χ3n) is 3.56. The number of hydrogen-bond donors (Lipinski definition) is 3. The molecule has 0 fully saturated rings. The van der Waals surface area contributed by atoms with Gasteiger partial charge in [0, 0.05) is 6.20 Å². The number of hydrogen-bond acceptors (Lipinski definition) is 5. The van der Waals surface area contributed by atoms with Crippen molar-refractivity contribution in [3.63, 3.8) is 0 Å². The van der Waals surface area contributed by atoms with Gasteiger partial charge in [-0.05, 0) is 36.4 Å². The van der Waals surface area contributed by atoms with E-state index in [2.05, 4.69) is 15.6 Å². The van der Waals surface area contributed by atoms with Gasteiger partial charge in [-0.1, -0.05) is 24.3 Å². The van der Waals surface area contributed by atoms with Crippen molar-refractivity contribution in [1.29, 1.82) is 0 Å². The summed E-state index contributed by atoms with van der Waals surface area (Å²) in [5.74, 6) is 0.645. The molecule has 0 aliphatic carbocycles. The number of amides is 1. The molecule has 1 aromatic heterocycles. The van der Waals surface area contributed by atoms with Crippen molar-refractivity contribution in [3.05, 3.63) is 72.4 Å². The number of phenols is 1. The van der Waals surface area contributed by atoms with Crippen molar-refractivity contribution >= 4 is 23.1 Å². The van der Waals surface area contributed by atoms with Crippen LogP contribution in [0.2, 0.25) is 0 Å². The molecule has 1 heterocycles. The van der Waals surface area contributed by atoms with E-state index in [4.69, 9.17) is 4.74 Å². The molecule has 3 N–H and O–H groups in total. The van der Waals surface area contributed by atoms with Gasteiger partial charge in [0.15, 0.2) is 0 Å².